The first-order valence-electron chi connectivity index (χ1n) is 13.4. The molecule has 0 aliphatic heterocycles. The Morgan fingerprint density at radius 2 is 0.913 bits per heavy atom. The van der Waals surface area contributed by atoms with Gasteiger partial charge in [0.05, 0.1) is 50.6 Å². The normalized spacial score (nSPS) is 13.9. The molecule has 0 N–H and O–H groups in total. The predicted molar refractivity (Wildman–Crippen MR) is 171 cm³/mol. The molecule has 0 saturated heterocycles. The van der Waals surface area contributed by atoms with Crippen LogP contribution in [0.4, 0.5) is 11.4 Å². The fourth-order valence-corrected chi connectivity index (χ4v) is 6.12. The maximum absolute atomic E-state index is 10.2. The van der Waals surface area contributed by atoms with Crippen LogP contribution in [-0.4, -0.2) is 0 Å². The second-order valence-electron chi connectivity index (χ2n) is 10.1. The molecule has 0 heterocycles. The molecule has 8 heteroatoms. The van der Waals surface area contributed by atoms with E-state index in [0.29, 0.717) is 66.8 Å². The van der Waals surface area contributed by atoms with Crippen molar-refractivity contribution in [3.05, 3.63) is 163 Å². The zero-order valence-corrected chi connectivity index (χ0v) is 23.5. The molecule has 0 aromatic heterocycles. The van der Waals surface area contributed by atoms with Gasteiger partial charge in [-0.15, -0.1) is 0 Å². The van der Waals surface area contributed by atoms with Gasteiger partial charge in [0.25, 0.3) is 11.4 Å². The number of hydrogen-bond donors (Lipinski definition) is 0. The number of nitriles is 4. The summed E-state index contributed by atoms with van der Waals surface area (Å²) in [7, 11) is 0. The van der Waals surface area contributed by atoms with Gasteiger partial charge < -0.3 is 0 Å². The first-order valence-corrected chi connectivity index (χ1v) is 13.4. The summed E-state index contributed by atoms with van der Waals surface area (Å²) in [4.78, 5) is 14.2. The number of rotatable bonds is 2. The summed E-state index contributed by atoms with van der Waals surface area (Å²) in [5, 5.41) is 39.8. The number of nitrogens with zero attached hydrogens (tertiary/aromatic N) is 8. The van der Waals surface area contributed by atoms with Crippen LogP contribution in [0.15, 0.2) is 84.2 Å². The molecule has 2 aliphatic carbocycles. The highest BCUT2D eigenvalue weighted by Crippen LogP contribution is 2.62. The fourth-order valence-electron chi connectivity index (χ4n) is 6.12. The van der Waals surface area contributed by atoms with Crippen molar-refractivity contribution in [1.82, 2.24) is 0 Å². The lowest BCUT2D eigenvalue weighted by Crippen LogP contribution is -1.99. The van der Waals surface area contributed by atoms with Gasteiger partial charge in [0, 0.05) is 22.3 Å². The highest BCUT2D eigenvalue weighted by Gasteiger charge is 2.41. The van der Waals surface area contributed by atoms with Crippen molar-refractivity contribution in [3.8, 4) is 46.5 Å². The van der Waals surface area contributed by atoms with Crippen molar-refractivity contribution < 1.29 is 0 Å². The van der Waals surface area contributed by atoms with Crippen LogP contribution >= 0.6 is 0 Å². The molecule has 0 bridgehead atoms. The van der Waals surface area contributed by atoms with Gasteiger partial charge in [-0.3, -0.25) is 0 Å². The zero-order valence-electron chi connectivity index (χ0n) is 23.5. The molecule has 0 spiro atoms. The minimum atomic E-state index is -0.207. The average Bonchev–Trinajstić information content (AvgIpc) is 3.62. The molecule has 6 rings (SSSR count). The van der Waals surface area contributed by atoms with E-state index in [2.05, 4.69) is 31.5 Å². The van der Waals surface area contributed by atoms with Crippen molar-refractivity contribution in [2.24, 2.45) is 0 Å². The monoisotopic (exact) mass is 580 g/mol. The lowest BCUT2D eigenvalue weighted by molar-refractivity contribution is 1.46. The molecule has 0 atom stereocenters. The maximum atomic E-state index is 10.2. The van der Waals surface area contributed by atoms with Crippen LogP contribution in [0.2, 0.25) is 0 Å². The summed E-state index contributed by atoms with van der Waals surface area (Å²) in [6, 6.07) is 28.4. The summed E-state index contributed by atoms with van der Waals surface area (Å²) in [6.07, 6.45) is 0. The molecular formula is C38H12N8. The van der Waals surface area contributed by atoms with Crippen LogP contribution in [0.1, 0.15) is 33.4 Å². The molecule has 204 valence electrons. The fraction of sp³-hybridized carbons (Fsp3) is 0. The third kappa shape index (κ3) is 4.08. The van der Waals surface area contributed by atoms with Crippen LogP contribution in [-0.2, 0) is 0 Å². The van der Waals surface area contributed by atoms with Crippen LogP contribution in [0.5, 0.6) is 0 Å². The zero-order chi connectivity index (χ0) is 32.5. The van der Waals surface area contributed by atoms with E-state index in [1.807, 2.05) is 12.1 Å². The molecule has 4 aromatic rings. The van der Waals surface area contributed by atoms with Crippen LogP contribution in [0, 0.1) is 71.6 Å². The average molecular weight is 581 g/mol. The van der Waals surface area contributed by atoms with Crippen molar-refractivity contribution >= 4 is 33.7 Å². The Hall–Kier alpha value is -7.98. The van der Waals surface area contributed by atoms with Gasteiger partial charge in [-0.25, -0.2) is 29.9 Å². The van der Waals surface area contributed by atoms with Gasteiger partial charge >= 0.3 is 0 Å². The minimum absolute atomic E-state index is 0.207. The smallest absolute Gasteiger partial charge is 0.238 e. The van der Waals surface area contributed by atoms with E-state index >= 15 is 0 Å². The Balaban J connectivity index is 1.76. The highest BCUT2D eigenvalue weighted by atomic mass is 14.7. The van der Waals surface area contributed by atoms with Gasteiger partial charge in [0.1, 0.15) is 0 Å². The SMILES string of the molecule is [C-]#[N+]/C(C#N)=C1C2=C(/C(=C(\C#N)[N+]#[C-])c3c2cccc3-c2cc(C#N)cc([N+]#[C-])c2)c2cccc(-c3cc(C#N)cc([N+]#[C-])c3)c2\1. The summed E-state index contributed by atoms with van der Waals surface area (Å²) in [5.41, 5.74) is 6.64. The number of benzene rings is 4. The molecule has 0 radical (unpaired) electrons. The number of hydrogen-bond acceptors (Lipinski definition) is 4. The van der Waals surface area contributed by atoms with Gasteiger partial charge in [0.15, 0.2) is 11.4 Å². The standard InChI is InChI=1S/C38H12N8/c1-43-25-13-21(17-39)11-23(15-25)27-7-5-9-29-33(27)37(31(19-41)45-3)36-30-10-6-8-28(24-12-22(18-40)14-26(16-24)44-2)34(30)38(35(29)36)32(20-42)46-4/h5-16H/b37-31-,38-32+. The van der Waals surface area contributed by atoms with Crippen LogP contribution in [0.25, 0.3) is 63.9 Å². The van der Waals surface area contributed by atoms with Crippen molar-refractivity contribution in [3.63, 3.8) is 0 Å². The Labute approximate surface area is 264 Å². The Kier molecular flexibility index (Phi) is 6.74. The molecule has 4 aromatic carbocycles. The highest BCUT2D eigenvalue weighted by molar-refractivity contribution is 6.39. The van der Waals surface area contributed by atoms with Crippen LogP contribution in [0.3, 0.4) is 0 Å². The second kappa shape index (κ2) is 11.0. The second-order valence-corrected chi connectivity index (χ2v) is 10.1. The molecule has 2 aliphatic rings. The Morgan fingerprint density at radius 1 is 0.522 bits per heavy atom. The summed E-state index contributed by atoms with van der Waals surface area (Å²) < 4.78 is 0. The lowest BCUT2D eigenvalue weighted by atomic mass is 9.84. The van der Waals surface area contributed by atoms with Crippen LogP contribution < -0.4 is 0 Å². The minimum Gasteiger partial charge on any atom is -0.238 e. The van der Waals surface area contributed by atoms with E-state index in [4.69, 9.17) is 26.3 Å². The summed E-state index contributed by atoms with van der Waals surface area (Å²) in [5.74, 6) is 0. The molecular weight excluding hydrogens is 568 g/mol. The van der Waals surface area contributed by atoms with E-state index in [9.17, 15) is 21.0 Å². The predicted octanol–water partition coefficient (Wildman–Crippen LogP) is 9.11. The maximum Gasteiger partial charge on any atom is 0.270 e. The quantitative estimate of drug-likeness (QED) is 0.174. The lowest BCUT2D eigenvalue weighted by Gasteiger charge is -2.19. The van der Waals surface area contributed by atoms with E-state index in [0.717, 1.165) is 0 Å². The molecule has 0 amide bonds. The first kappa shape index (κ1) is 28.2. The van der Waals surface area contributed by atoms with E-state index in [1.165, 1.54) is 12.1 Å². The molecule has 46 heavy (non-hydrogen) atoms. The summed E-state index contributed by atoms with van der Waals surface area (Å²) >= 11 is 0. The van der Waals surface area contributed by atoms with Gasteiger partial charge in [-0.2, -0.15) is 10.5 Å². The van der Waals surface area contributed by atoms with Crippen molar-refractivity contribution in [2.45, 2.75) is 0 Å². The van der Waals surface area contributed by atoms with Crippen molar-refractivity contribution in [2.75, 3.05) is 0 Å². The Bertz CT molecular complexity index is 2280. The number of fused-ring (bicyclic) bond motifs is 4. The van der Waals surface area contributed by atoms with E-state index < -0.39 is 0 Å². The molecule has 0 fully saturated rings. The third-order valence-corrected chi connectivity index (χ3v) is 7.80. The topological polar surface area (TPSA) is 113 Å². The third-order valence-electron chi connectivity index (χ3n) is 7.80. The van der Waals surface area contributed by atoms with E-state index in [-0.39, 0.29) is 33.9 Å². The molecule has 8 nitrogen and oxygen atoms in total. The van der Waals surface area contributed by atoms with Crippen molar-refractivity contribution in [1.29, 1.82) is 21.0 Å². The van der Waals surface area contributed by atoms with Gasteiger partial charge in [-0.05, 0) is 92.1 Å². The molecule has 0 unspecified atom stereocenters. The molecule has 0 saturated carbocycles. The van der Waals surface area contributed by atoms with Gasteiger partial charge in [0.2, 0.25) is 0 Å². The van der Waals surface area contributed by atoms with Gasteiger partial charge in [-0.1, -0.05) is 36.4 Å². The number of allylic oxidation sites excluding steroid dienone is 6. The van der Waals surface area contributed by atoms with E-state index in [1.54, 1.807) is 60.7 Å². The largest absolute Gasteiger partial charge is 0.270 e. The Morgan fingerprint density at radius 3 is 1.24 bits per heavy atom. The first-order chi connectivity index (χ1) is 22.5. The summed E-state index contributed by atoms with van der Waals surface area (Å²) in [6.45, 7) is 31.0.